The van der Waals surface area contributed by atoms with Crippen LogP contribution in [0.5, 0.6) is 0 Å². The standard InChI is InChI=1S/C12H13F3O2S/c1-8(2)17-11(16)7-18-10-5-3-4-9(6-10)12(13,14)15/h3-6,8H,7H2,1-2H3. The fourth-order valence-corrected chi connectivity index (χ4v) is 1.94. The Morgan fingerprint density at radius 1 is 1.39 bits per heavy atom. The first-order chi connectivity index (χ1) is 8.29. The molecule has 0 aliphatic heterocycles. The largest absolute Gasteiger partial charge is 0.462 e. The zero-order valence-corrected chi connectivity index (χ0v) is 10.8. The van der Waals surface area contributed by atoms with Crippen molar-refractivity contribution in [2.75, 3.05) is 5.75 Å². The summed E-state index contributed by atoms with van der Waals surface area (Å²) in [4.78, 5) is 11.6. The second-order valence-corrected chi connectivity index (χ2v) is 4.90. The number of hydrogen-bond acceptors (Lipinski definition) is 3. The van der Waals surface area contributed by atoms with Crippen molar-refractivity contribution in [1.82, 2.24) is 0 Å². The highest BCUT2D eigenvalue weighted by Crippen LogP contribution is 2.31. The molecular formula is C12H13F3O2S. The van der Waals surface area contributed by atoms with E-state index in [1.54, 1.807) is 13.8 Å². The summed E-state index contributed by atoms with van der Waals surface area (Å²) in [6.45, 7) is 3.43. The highest BCUT2D eigenvalue weighted by molar-refractivity contribution is 8.00. The molecule has 0 aliphatic carbocycles. The minimum Gasteiger partial charge on any atom is -0.462 e. The Labute approximate surface area is 108 Å². The van der Waals surface area contributed by atoms with Crippen molar-refractivity contribution < 1.29 is 22.7 Å². The van der Waals surface area contributed by atoms with Crippen LogP contribution in [-0.4, -0.2) is 17.8 Å². The lowest BCUT2D eigenvalue weighted by Gasteiger charge is -2.09. The van der Waals surface area contributed by atoms with Gasteiger partial charge in [-0.1, -0.05) is 6.07 Å². The van der Waals surface area contributed by atoms with Crippen molar-refractivity contribution in [2.24, 2.45) is 0 Å². The molecule has 0 heterocycles. The maximum Gasteiger partial charge on any atom is 0.416 e. The molecule has 0 saturated heterocycles. The number of alkyl halides is 3. The van der Waals surface area contributed by atoms with Gasteiger partial charge in [0.25, 0.3) is 0 Å². The van der Waals surface area contributed by atoms with Crippen LogP contribution in [0, 0.1) is 0 Å². The van der Waals surface area contributed by atoms with E-state index in [2.05, 4.69) is 0 Å². The van der Waals surface area contributed by atoms with E-state index in [1.165, 1.54) is 12.1 Å². The van der Waals surface area contributed by atoms with E-state index in [9.17, 15) is 18.0 Å². The third kappa shape index (κ3) is 5.00. The number of hydrogen-bond donors (Lipinski definition) is 0. The smallest absolute Gasteiger partial charge is 0.416 e. The Kier molecular flexibility index (Phi) is 5.07. The highest BCUT2D eigenvalue weighted by Gasteiger charge is 2.30. The molecule has 0 atom stereocenters. The van der Waals surface area contributed by atoms with Crippen molar-refractivity contribution in [1.29, 1.82) is 0 Å². The summed E-state index contributed by atoms with van der Waals surface area (Å²) in [6.07, 6.45) is -4.59. The molecule has 1 aromatic carbocycles. The van der Waals surface area contributed by atoms with Gasteiger partial charge in [-0.15, -0.1) is 11.8 Å². The number of carbonyl (C=O) groups is 1. The van der Waals surface area contributed by atoms with Crippen LogP contribution in [0.1, 0.15) is 19.4 Å². The van der Waals surface area contributed by atoms with Crippen molar-refractivity contribution in [3.63, 3.8) is 0 Å². The van der Waals surface area contributed by atoms with Gasteiger partial charge in [0.15, 0.2) is 0 Å². The first-order valence-electron chi connectivity index (χ1n) is 5.28. The Bertz CT molecular complexity index is 416. The fourth-order valence-electron chi connectivity index (χ4n) is 1.20. The molecule has 0 saturated carbocycles. The van der Waals surface area contributed by atoms with Gasteiger partial charge in [0.05, 0.1) is 17.4 Å². The summed E-state index contributed by atoms with van der Waals surface area (Å²) in [7, 11) is 0. The molecule has 1 rings (SSSR count). The average Bonchev–Trinajstić information content (AvgIpc) is 2.25. The predicted octanol–water partition coefficient (Wildman–Crippen LogP) is 3.75. The monoisotopic (exact) mass is 278 g/mol. The van der Waals surface area contributed by atoms with E-state index < -0.39 is 17.7 Å². The molecule has 0 unspecified atom stereocenters. The molecule has 100 valence electrons. The minimum atomic E-state index is -4.37. The van der Waals surface area contributed by atoms with E-state index in [4.69, 9.17) is 4.74 Å². The molecular weight excluding hydrogens is 265 g/mol. The van der Waals surface area contributed by atoms with Crippen molar-refractivity contribution in [3.05, 3.63) is 29.8 Å². The van der Waals surface area contributed by atoms with Gasteiger partial charge in [0, 0.05) is 4.90 Å². The second kappa shape index (κ2) is 6.13. The molecule has 0 fully saturated rings. The summed E-state index contributed by atoms with van der Waals surface area (Å²) in [6, 6.07) is 4.87. The number of rotatable bonds is 4. The van der Waals surface area contributed by atoms with Crippen LogP contribution in [0.2, 0.25) is 0 Å². The molecule has 0 spiro atoms. The van der Waals surface area contributed by atoms with Gasteiger partial charge in [-0.3, -0.25) is 4.79 Å². The zero-order valence-electron chi connectivity index (χ0n) is 9.95. The van der Waals surface area contributed by atoms with Crippen LogP contribution >= 0.6 is 11.8 Å². The number of ether oxygens (including phenoxy) is 1. The normalized spacial score (nSPS) is 11.7. The molecule has 6 heteroatoms. The Hall–Kier alpha value is -1.17. The highest BCUT2D eigenvalue weighted by atomic mass is 32.2. The first-order valence-corrected chi connectivity index (χ1v) is 6.27. The summed E-state index contributed by atoms with van der Waals surface area (Å²) in [5.74, 6) is -0.438. The molecule has 1 aromatic rings. The van der Waals surface area contributed by atoms with E-state index in [1.807, 2.05) is 0 Å². The van der Waals surface area contributed by atoms with Gasteiger partial charge in [0.2, 0.25) is 0 Å². The van der Waals surface area contributed by atoms with Gasteiger partial charge in [-0.25, -0.2) is 0 Å². The molecule has 2 nitrogen and oxygen atoms in total. The third-order valence-corrected chi connectivity index (χ3v) is 2.85. The van der Waals surface area contributed by atoms with E-state index in [0.29, 0.717) is 4.90 Å². The summed E-state index contributed by atoms with van der Waals surface area (Å²) in [5, 5.41) is 0. The summed E-state index contributed by atoms with van der Waals surface area (Å²) >= 11 is 1.03. The van der Waals surface area contributed by atoms with E-state index >= 15 is 0 Å². The van der Waals surface area contributed by atoms with Crippen LogP contribution in [0.25, 0.3) is 0 Å². The lowest BCUT2D eigenvalue weighted by Crippen LogP contribution is -2.13. The Morgan fingerprint density at radius 2 is 2.06 bits per heavy atom. The second-order valence-electron chi connectivity index (χ2n) is 3.85. The molecule has 0 amide bonds. The van der Waals surface area contributed by atoms with Gasteiger partial charge < -0.3 is 4.74 Å². The summed E-state index contributed by atoms with van der Waals surface area (Å²) < 4.78 is 42.2. The number of carbonyl (C=O) groups excluding carboxylic acids is 1. The topological polar surface area (TPSA) is 26.3 Å². The lowest BCUT2D eigenvalue weighted by molar-refractivity contribution is -0.144. The number of esters is 1. The van der Waals surface area contributed by atoms with Crippen LogP contribution in [0.15, 0.2) is 29.2 Å². The minimum absolute atomic E-state index is 0.000505. The number of halogens is 3. The molecule has 0 aromatic heterocycles. The maximum absolute atomic E-state index is 12.4. The van der Waals surface area contributed by atoms with Gasteiger partial charge in [-0.2, -0.15) is 13.2 Å². The molecule has 18 heavy (non-hydrogen) atoms. The predicted molar refractivity (Wildman–Crippen MR) is 63.4 cm³/mol. The first kappa shape index (κ1) is 14.9. The van der Waals surface area contributed by atoms with Crippen LogP contribution < -0.4 is 0 Å². The third-order valence-electron chi connectivity index (χ3n) is 1.89. The Morgan fingerprint density at radius 3 is 2.61 bits per heavy atom. The molecule has 0 radical (unpaired) electrons. The molecule has 0 bridgehead atoms. The molecule has 0 N–H and O–H groups in total. The quantitative estimate of drug-likeness (QED) is 0.620. The van der Waals surface area contributed by atoms with Crippen LogP contribution in [0.3, 0.4) is 0 Å². The van der Waals surface area contributed by atoms with Crippen LogP contribution in [-0.2, 0) is 15.7 Å². The lowest BCUT2D eigenvalue weighted by atomic mass is 10.2. The number of thioether (sulfide) groups is 1. The van der Waals surface area contributed by atoms with Gasteiger partial charge in [0.1, 0.15) is 0 Å². The van der Waals surface area contributed by atoms with E-state index in [-0.39, 0.29) is 11.9 Å². The van der Waals surface area contributed by atoms with Crippen molar-refractivity contribution in [2.45, 2.75) is 31.0 Å². The van der Waals surface area contributed by atoms with Gasteiger partial charge in [-0.05, 0) is 32.0 Å². The van der Waals surface area contributed by atoms with Crippen molar-refractivity contribution >= 4 is 17.7 Å². The van der Waals surface area contributed by atoms with Crippen molar-refractivity contribution in [3.8, 4) is 0 Å². The van der Waals surface area contributed by atoms with Gasteiger partial charge >= 0.3 is 12.1 Å². The fraction of sp³-hybridized carbons (Fsp3) is 0.417. The van der Waals surface area contributed by atoms with Crippen LogP contribution in [0.4, 0.5) is 13.2 Å². The molecule has 0 aliphatic rings. The zero-order chi connectivity index (χ0) is 13.8. The average molecular weight is 278 g/mol. The Balaban J connectivity index is 2.61. The number of benzene rings is 1. The SMILES string of the molecule is CC(C)OC(=O)CSc1cccc(C(F)(F)F)c1. The van der Waals surface area contributed by atoms with E-state index in [0.717, 1.165) is 23.9 Å². The summed E-state index contributed by atoms with van der Waals surface area (Å²) in [5.41, 5.74) is -0.718. The maximum atomic E-state index is 12.4.